The molecule has 2 heterocycles. The second-order valence-electron chi connectivity index (χ2n) is 9.04. The molecule has 0 radical (unpaired) electrons. The van der Waals surface area contributed by atoms with Crippen LogP contribution in [0, 0.1) is 11.8 Å². The normalized spacial score (nSPS) is 39.9. The van der Waals surface area contributed by atoms with Gasteiger partial charge in [-0.2, -0.15) is 0 Å². The molecule has 2 aliphatic heterocycles. The number of hydrogen-bond donors (Lipinski definition) is 4. The van der Waals surface area contributed by atoms with Crippen LogP contribution < -0.4 is 0 Å². The molecule has 4 aliphatic rings. The fraction of sp³-hybridized carbons (Fsp3) is 0.609. The summed E-state index contributed by atoms with van der Waals surface area (Å²) in [4.78, 5) is 37.0. The first kappa shape index (κ1) is 24.7. The Morgan fingerprint density at radius 1 is 1.21 bits per heavy atom. The van der Waals surface area contributed by atoms with Crippen LogP contribution in [0.5, 0.6) is 0 Å². The molecule has 0 unspecified atom stereocenters. The van der Waals surface area contributed by atoms with Gasteiger partial charge in [0.25, 0.3) is 0 Å². The molecular weight excluding hydrogens is 452 g/mol. The second-order valence-corrected chi connectivity index (χ2v) is 9.04. The summed E-state index contributed by atoms with van der Waals surface area (Å²) in [6.07, 6.45) is -7.29. The van der Waals surface area contributed by atoms with Crippen LogP contribution in [-0.4, -0.2) is 94.3 Å². The lowest BCUT2D eigenvalue weighted by atomic mass is 9.82. The quantitative estimate of drug-likeness (QED) is 0.272. The summed E-state index contributed by atoms with van der Waals surface area (Å²) in [5.41, 5.74) is 1.69. The molecule has 11 nitrogen and oxygen atoms in total. The van der Waals surface area contributed by atoms with Crippen molar-refractivity contribution in [2.45, 2.75) is 63.2 Å². The van der Waals surface area contributed by atoms with Crippen molar-refractivity contribution in [1.29, 1.82) is 0 Å². The highest BCUT2D eigenvalue weighted by Crippen LogP contribution is 2.48. The van der Waals surface area contributed by atoms with Gasteiger partial charge in [0, 0.05) is 30.4 Å². The van der Waals surface area contributed by atoms with Crippen LogP contribution in [0.1, 0.15) is 20.3 Å². The van der Waals surface area contributed by atoms with E-state index in [9.17, 15) is 34.8 Å². The van der Waals surface area contributed by atoms with Crippen molar-refractivity contribution in [3.8, 4) is 0 Å². The van der Waals surface area contributed by atoms with E-state index in [2.05, 4.69) is 6.58 Å². The third-order valence-corrected chi connectivity index (χ3v) is 6.83. The Labute approximate surface area is 195 Å². The van der Waals surface area contributed by atoms with E-state index < -0.39 is 73.3 Å². The van der Waals surface area contributed by atoms with E-state index in [1.165, 1.54) is 13.0 Å². The first-order chi connectivity index (χ1) is 16.0. The molecule has 0 aromatic heterocycles. The molecule has 2 aliphatic carbocycles. The highest BCUT2D eigenvalue weighted by molar-refractivity contribution is 6.09. The zero-order chi connectivity index (χ0) is 24.9. The van der Waals surface area contributed by atoms with Gasteiger partial charge >= 0.3 is 11.9 Å². The lowest BCUT2D eigenvalue weighted by Gasteiger charge is -2.39. The Morgan fingerprint density at radius 3 is 2.56 bits per heavy atom. The molecule has 0 saturated carbocycles. The molecule has 0 spiro atoms. The Kier molecular flexibility index (Phi) is 6.78. The Hall–Kier alpha value is -2.41. The number of fused-ring (bicyclic) bond motifs is 3. The van der Waals surface area contributed by atoms with Gasteiger partial charge in [0.1, 0.15) is 36.6 Å². The fourth-order valence-electron chi connectivity index (χ4n) is 5.23. The Morgan fingerprint density at radius 2 is 1.91 bits per heavy atom. The van der Waals surface area contributed by atoms with Crippen LogP contribution in [0.25, 0.3) is 0 Å². The lowest BCUT2D eigenvalue weighted by molar-refractivity contribution is -0.299. The number of rotatable bonds is 5. The van der Waals surface area contributed by atoms with Gasteiger partial charge in [0.2, 0.25) is 0 Å². The smallest absolute Gasteiger partial charge is 0.334 e. The van der Waals surface area contributed by atoms with E-state index in [0.29, 0.717) is 16.7 Å². The van der Waals surface area contributed by atoms with Gasteiger partial charge in [-0.15, -0.1) is 0 Å². The average molecular weight is 480 g/mol. The van der Waals surface area contributed by atoms with Crippen molar-refractivity contribution in [3.05, 3.63) is 34.9 Å². The van der Waals surface area contributed by atoms with Crippen LogP contribution in [0.4, 0.5) is 0 Å². The molecule has 2 saturated heterocycles. The summed E-state index contributed by atoms with van der Waals surface area (Å²) < 4.78 is 22.1. The van der Waals surface area contributed by atoms with Crippen molar-refractivity contribution in [1.82, 2.24) is 0 Å². The van der Waals surface area contributed by atoms with Crippen molar-refractivity contribution in [3.63, 3.8) is 0 Å². The van der Waals surface area contributed by atoms with Gasteiger partial charge in [0.05, 0.1) is 19.1 Å². The molecule has 0 amide bonds. The van der Waals surface area contributed by atoms with Crippen LogP contribution in [0.2, 0.25) is 0 Å². The fourth-order valence-corrected chi connectivity index (χ4v) is 5.23. The number of ether oxygens (including phenoxy) is 4. The third-order valence-electron chi connectivity index (χ3n) is 6.83. The molecule has 2 fully saturated rings. The largest absolute Gasteiger partial charge is 0.461 e. The zero-order valence-electron chi connectivity index (χ0n) is 18.7. The van der Waals surface area contributed by atoms with Gasteiger partial charge in [-0.3, -0.25) is 9.59 Å². The highest BCUT2D eigenvalue weighted by atomic mass is 16.7. The standard InChI is InChI=1S/C23H28O11/c1-8-4-13(32-10(3)25)16-9(2)22(30)34-21(16)17-11(5-12(26)15(8)17)7-31-23-20(29)19(28)18(27)14(6-24)33-23/h5,13-14,16-21,23-24,27-29H,2,4,6-7H2,1,3H3/t13-,14-,16-,17+,18-,19+,20-,21+,23-/m1/s1. The van der Waals surface area contributed by atoms with Gasteiger partial charge in [0.15, 0.2) is 12.1 Å². The number of esters is 2. The van der Waals surface area contributed by atoms with Crippen molar-refractivity contribution in [2.24, 2.45) is 11.8 Å². The molecule has 0 aromatic rings. The zero-order valence-corrected chi connectivity index (χ0v) is 18.7. The van der Waals surface area contributed by atoms with Crippen LogP contribution in [0.15, 0.2) is 34.9 Å². The van der Waals surface area contributed by atoms with E-state index in [1.807, 2.05) is 0 Å². The van der Waals surface area contributed by atoms with Crippen LogP contribution in [-0.2, 0) is 33.3 Å². The maximum atomic E-state index is 12.9. The van der Waals surface area contributed by atoms with E-state index in [0.717, 1.165) is 0 Å². The summed E-state index contributed by atoms with van der Waals surface area (Å²) in [6, 6.07) is 0. The minimum absolute atomic E-state index is 0.152. The number of aliphatic hydroxyl groups excluding tert-OH is 4. The molecule has 34 heavy (non-hydrogen) atoms. The van der Waals surface area contributed by atoms with E-state index in [-0.39, 0.29) is 24.4 Å². The molecule has 186 valence electrons. The number of carbonyl (C=O) groups excluding carboxylic acids is 3. The number of ketones is 1. The summed E-state index contributed by atoms with van der Waals surface area (Å²) >= 11 is 0. The number of allylic oxidation sites excluding steroid dienone is 1. The summed E-state index contributed by atoms with van der Waals surface area (Å²) in [5, 5.41) is 39.5. The van der Waals surface area contributed by atoms with Gasteiger partial charge < -0.3 is 39.4 Å². The average Bonchev–Trinajstić information content (AvgIpc) is 3.22. The summed E-state index contributed by atoms with van der Waals surface area (Å²) in [5.74, 6) is -2.83. The number of carbonyl (C=O) groups is 3. The molecule has 9 atom stereocenters. The highest BCUT2D eigenvalue weighted by Gasteiger charge is 2.54. The SMILES string of the molecule is C=C1C(=O)O[C@@H]2[C@H]3C(CO[C@@H]4O[C@H](CO)[C@@H](O)[C@H](O)[C@H]4O)=CC(=O)C3=C(C)C[C@@H](OC(C)=O)[C@@H]12. The number of aliphatic hydroxyl groups is 4. The van der Waals surface area contributed by atoms with E-state index in [4.69, 9.17) is 18.9 Å². The molecule has 4 rings (SSSR count). The minimum Gasteiger partial charge on any atom is -0.461 e. The second kappa shape index (κ2) is 9.33. The first-order valence-corrected chi connectivity index (χ1v) is 11.0. The maximum Gasteiger partial charge on any atom is 0.334 e. The van der Waals surface area contributed by atoms with Crippen molar-refractivity contribution < 1.29 is 53.8 Å². The van der Waals surface area contributed by atoms with Gasteiger partial charge in [-0.25, -0.2) is 4.79 Å². The lowest BCUT2D eigenvalue weighted by Crippen LogP contribution is -2.59. The first-order valence-electron chi connectivity index (χ1n) is 11.0. The van der Waals surface area contributed by atoms with Crippen LogP contribution in [0.3, 0.4) is 0 Å². The third kappa shape index (κ3) is 4.12. The van der Waals surface area contributed by atoms with E-state index >= 15 is 0 Å². The van der Waals surface area contributed by atoms with Crippen LogP contribution >= 0.6 is 0 Å². The minimum atomic E-state index is -1.61. The predicted molar refractivity (Wildman–Crippen MR) is 112 cm³/mol. The van der Waals surface area contributed by atoms with Crippen molar-refractivity contribution in [2.75, 3.05) is 13.2 Å². The maximum absolute atomic E-state index is 12.9. The van der Waals surface area contributed by atoms with Gasteiger partial charge in [-0.1, -0.05) is 12.2 Å². The molecule has 0 bridgehead atoms. The van der Waals surface area contributed by atoms with E-state index in [1.54, 1.807) is 6.92 Å². The topological polar surface area (TPSA) is 169 Å². The molecular formula is C23H28O11. The molecule has 4 N–H and O–H groups in total. The van der Waals surface area contributed by atoms with Crippen molar-refractivity contribution >= 4 is 17.7 Å². The molecule has 0 aromatic carbocycles. The summed E-state index contributed by atoms with van der Waals surface area (Å²) in [6.45, 7) is 5.98. The Balaban J connectivity index is 1.60. The Bertz CT molecular complexity index is 964. The predicted octanol–water partition coefficient (Wildman–Crippen LogP) is -1.32. The monoisotopic (exact) mass is 480 g/mol. The molecule has 11 heteroatoms. The summed E-state index contributed by atoms with van der Waals surface area (Å²) in [7, 11) is 0. The number of hydrogen-bond acceptors (Lipinski definition) is 11. The van der Waals surface area contributed by atoms with Gasteiger partial charge in [-0.05, 0) is 18.6 Å².